The molecule has 0 spiro atoms. The smallest absolute Gasteiger partial charge is 0.128 e. The van der Waals surface area contributed by atoms with Crippen molar-refractivity contribution in [3.8, 4) is 0 Å². The number of hydrogen-bond acceptors (Lipinski definition) is 2. The largest absolute Gasteiger partial charge is 0.370 e. The van der Waals surface area contributed by atoms with Gasteiger partial charge in [0.25, 0.3) is 0 Å². The standard InChI is InChI=1S/C18H23FN2/c1-13-7-4-5-8-15(13)12-21(3)18-10-6-9-17(19)16(18)11-14(2)20/h4-10,14H,11-12,20H2,1-3H3. The van der Waals surface area contributed by atoms with Crippen molar-refractivity contribution in [2.24, 2.45) is 5.73 Å². The summed E-state index contributed by atoms with van der Waals surface area (Å²) < 4.78 is 14.1. The zero-order valence-corrected chi connectivity index (χ0v) is 12.9. The predicted octanol–water partition coefficient (Wildman–Crippen LogP) is 3.66. The van der Waals surface area contributed by atoms with Crippen LogP contribution in [-0.4, -0.2) is 13.1 Å². The topological polar surface area (TPSA) is 29.3 Å². The fourth-order valence-corrected chi connectivity index (χ4v) is 2.56. The van der Waals surface area contributed by atoms with Crippen molar-refractivity contribution in [3.63, 3.8) is 0 Å². The van der Waals surface area contributed by atoms with E-state index in [4.69, 9.17) is 5.73 Å². The van der Waals surface area contributed by atoms with E-state index in [1.807, 2.05) is 32.2 Å². The molecule has 2 aromatic rings. The van der Waals surface area contributed by atoms with Crippen molar-refractivity contribution in [1.29, 1.82) is 0 Å². The Labute approximate surface area is 126 Å². The van der Waals surface area contributed by atoms with Crippen LogP contribution in [0.15, 0.2) is 42.5 Å². The molecule has 1 unspecified atom stereocenters. The summed E-state index contributed by atoms with van der Waals surface area (Å²) in [6.07, 6.45) is 0.542. The second-order valence-electron chi connectivity index (χ2n) is 5.70. The van der Waals surface area contributed by atoms with Crippen molar-refractivity contribution in [2.75, 3.05) is 11.9 Å². The summed E-state index contributed by atoms with van der Waals surface area (Å²) in [5, 5.41) is 0. The number of nitrogens with zero attached hydrogens (tertiary/aromatic N) is 1. The van der Waals surface area contributed by atoms with Crippen molar-refractivity contribution in [1.82, 2.24) is 0 Å². The normalized spacial score (nSPS) is 12.2. The second kappa shape index (κ2) is 6.72. The van der Waals surface area contributed by atoms with Crippen LogP contribution < -0.4 is 10.6 Å². The monoisotopic (exact) mass is 286 g/mol. The lowest BCUT2D eigenvalue weighted by molar-refractivity contribution is 0.595. The average Bonchev–Trinajstić information content (AvgIpc) is 2.43. The van der Waals surface area contributed by atoms with E-state index in [1.54, 1.807) is 6.07 Å². The van der Waals surface area contributed by atoms with Gasteiger partial charge in [-0.2, -0.15) is 0 Å². The van der Waals surface area contributed by atoms with Crippen LogP contribution in [-0.2, 0) is 13.0 Å². The minimum absolute atomic E-state index is 0.0625. The van der Waals surface area contributed by atoms with Crippen LogP contribution in [0.5, 0.6) is 0 Å². The summed E-state index contributed by atoms with van der Waals surface area (Å²) in [5.74, 6) is -0.179. The molecule has 0 fully saturated rings. The molecule has 2 nitrogen and oxygen atoms in total. The Balaban J connectivity index is 2.29. The molecule has 0 bridgehead atoms. The first-order chi connectivity index (χ1) is 9.99. The van der Waals surface area contributed by atoms with E-state index in [-0.39, 0.29) is 11.9 Å². The lowest BCUT2D eigenvalue weighted by Gasteiger charge is -2.24. The van der Waals surface area contributed by atoms with E-state index >= 15 is 0 Å². The SMILES string of the molecule is Cc1ccccc1CN(C)c1cccc(F)c1CC(C)N. The van der Waals surface area contributed by atoms with Crippen LogP contribution in [0.25, 0.3) is 0 Å². The highest BCUT2D eigenvalue weighted by Gasteiger charge is 2.14. The fourth-order valence-electron chi connectivity index (χ4n) is 2.56. The van der Waals surface area contributed by atoms with Crippen LogP contribution in [0.3, 0.4) is 0 Å². The highest BCUT2D eigenvalue weighted by molar-refractivity contribution is 5.54. The van der Waals surface area contributed by atoms with Gasteiger partial charge in [0.05, 0.1) is 0 Å². The minimum atomic E-state index is -0.179. The number of hydrogen-bond donors (Lipinski definition) is 1. The van der Waals surface area contributed by atoms with Crippen molar-refractivity contribution in [3.05, 3.63) is 65.0 Å². The summed E-state index contributed by atoms with van der Waals surface area (Å²) in [6, 6.07) is 13.4. The highest BCUT2D eigenvalue weighted by Crippen LogP contribution is 2.25. The molecule has 0 heterocycles. The molecule has 2 aromatic carbocycles. The zero-order chi connectivity index (χ0) is 15.4. The lowest BCUT2D eigenvalue weighted by atomic mass is 10.0. The summed E-state index contributed by atoms with van der Waals surface area (Å²) in [5.41, 5.74) is 9.96. The summed E-state index contributed by atoms with van der Waals surface area (Å²) in [7, 11) is 1.99. The second-order valence-corrected chi connectivity index (χ2v) is 5.70. The van der Waals surface area contributed by atoms with E-state index in [0.717, 1.165) is 12.2 Å². The summed E-state index contributed by atoms with van der Waals surface area (Å²) in [6.45, 7) is 4.75. The highest BCUT2D eigenvalue weighted by atomic mass is 19.1. The van der Waals surface area contributed by atoms with Gasteiger partial charge in [-0.25, -0.2) is 4.39 Å². The van der Waals surface area contributed by atoms with Crippen molar-refractivity contribution >= 4 is 5.69 Å². The van der Waals surface area contributed by atoms with Gasteiger partial charge in [-0.1, -0.05) is 30.3 Å². The number of aryl methyl sites for hydroxylation is 1. The lowest BCUT2D eigenvalue weighted by Crippen LogP contribution is -2.23. The van der Waals surface area contributed by atoms with Crippen LogP contribution in [0, 0.1) is 12.7 Å². The maximum absolute atomic E-state index is 14.1. The van der Waals surface area contributed by atoms with Gasteiger partial charge in [0, 0.05) is 30.9 Å². The predicted molar refractivity (Wildman–Crippen MR) is 87.0 cm³/mol. The first-order valence-electron chi connectivity index (χ1n) is 7.27. The third-order valence-electron chi connectivity index (χ3n) is 3.70. The molecule has 0 amide bonds. The number of benzene rings is 2. The van der Waals surface area contributed by atoms with Gasteiger partial charge in [0.2, 0.25) is 0 Å². The van der Waals surface area contributed by atoms with E-state index in [9.17, 15) is 4.39 Å². The molecule has 0 aliphatic carbocycles. The molecular weight excluding hydrogens is 263 g/mol. The summed E-state index contributed by atoms with van der Waals surface area (Å²) >= 11 is 0. The molecule has 2 rings (SSSR count). The Morgan fingerprint density at radius 1 is 1.14 bits per heavy atom. The zero-order valence-electron chi connectivity index (χ0n) is 12.9. The van der Waals surface area contributed by atoms with Crippen molar-refractivity contribution < 1.29 is 4.39 Å². The molecule has 0 aliphatic heterocycles. The molecule has 0 saturated carbocycles. The third kappa shape index (κ3) is 3.82. The maximum atomic E-state index is 14.1. The Morgan fingerprint density at radius 3 is 2.52 bits per heavy atom. The van der Waals surface area contributed by atoms with Crippen LogP contribution in [0.4, 0.5) is 10.1 Å². The van der Waals surface area contributed by atoms with Gasteiger partial charge in [0.15, 0.2) is 0 Å². The van der Waals surface area contributed by atoms with Gasteiger partial charge < -0.3 is 10.6 Å². The molecule has 3 heteroatoms. The van der Waals surface area contributed by atoms with Gasteiger partial charge in [0.1, 0.15) is 5.82 Å². The first kappa shape index (κ1) is 15.5. The van der Waals surface area contributed by atoms with Gasteiger partial charge >= 0.3 is 0 Å². The number of rotatable bonds is 5. The number of halogens is 1. The number of anilines is 1. The van der Waals surface area contributed by atoms with Gasteiger partial charge in [-0.15, -0.1) is 0 Å². The first-order valence-corrected chi connectivity index (χ1v) is 7.27. The minimum Gasteiger partial charge on any atom is -0.370 e. The third-order valence-corrected chi connectivity index (χ3v) is 3.70. The molecule has 1 atom stereocenters. The van der Waals surface area contributed by atoms with Gasteiger partial charge in [-0.3, -0.25) is 0 Å². The summed E-state index contributed by atoms with van der Waals surface area (Å²) in [4.78, 5) is 2.09. The van der Waals surface area contributed by atoms with Crippen LogP contribution in [0.1, 0.15) is 23.6 Å². The average molecular weight is 286 g/mol. The van der Waals surface area contributed by atoms with Crippen molar-refractivity contribution in [2.45, 2.75) is 32.9 Å². The van der Waals surface area contributed by atoms with E-state index in [1.165, 1.54) is 17.2 Å². The molecule has 0 aliphatic rings. The molecule has 112 valence electrons. The quantitative estimate of drug-likeness (QED) is 0.909. The van der Waals surface area contributed by atoms with Gasteiger partial charge in [-0.05, 0) is 43.5 Å². The fraction of sp³-hybridized carbons (Fsp3) is 0.333. The Morgan fingerprint density at radius 2 is 1.86 bits per heavy atom. The number of nitrogens with two attached hydrogens (primary N) is 1. The maximum Gasteiger partial charge on any atom is 0.128 e. The van der Waals surface area contributed by atoms with Crippen LogP contribution in [0.2, 0.25) is 0 Å². The molecule has 0 radical (unpaired) electrons. The molecule has 0 aromatic heterocycles. The molecule has 21 heavy (non-hydrogen) atoms. The van der Waals surface area contributed by atoms with E-state index in [2.05, 4.69) is 24.0 Å². The van der Waals surface area contributed by atoms with E-state index < -0.39 is 0 Å². The Hall–Kier alpha value is -1.87. The Kier molecular flexibility index (Phi) is 4.97. The Bertz CT molecular complexity index is 608. The van der Waals surface area contributed by atoms with E-state index in [0.29, 0.717) is 12.0 Å². The molecular formula is C18H23FN2. The van der Waals surface area contributed by atoms with Crippen LogP contribution >= 0.6 is 0 Å². The molecule has 0 saturated heterocycles. The molecule has 2 N–H and O–H groups in total.